The Morgan fingerprint density at radius 1 is 1.52 bits per heavy atom. The van der Waals surface area contributed by atoms with Gasteiger partial charge in [-0.3, -0.25) is 0 Å². The molecular weight excluding hydrogens is 290 g/mol. The van der Waals surface area contributed by atoms with Crippen LogP contribution in [0.25, 0.3) is 0 Å². The lowest BCUT2D eigenvalue weighted by atomic mass is 10.1. The molecule has 21 heavy (non-hydrogen) atoms. The summed E-state index contributed by atoms with van der Waals surface area (Å²) in [6.07, 6.45) is 0. The SMILES string of the molecule is Cc1cccc(NC(=O)N2CCSCC2C(=O)O)c1C#N. The van der Waals surface area contributed by atoms with Crippen LogP contribution in [-0.2, 0) is 4.79 Å². The van der Waals surface area contributed by atoms with E-state index in [-0.39, 0.29) is 0 Å². The Balaban J connectivity index is 2.20. The molecule has 7 heteroatoms. The van der Waals surface area contributed by atoms with Crippen molar-refractivity contribution in [1.29, 1.82) is 5.26 Å². The minimum Gasteiger partial charge on any atom is -0.480 e. The zero-order chi connectivity index (χ0) is 15.4. The average Bonchev–Trinajstić information content (AvgIpc) is 2.47. The van der Waals surface area contributed by atoms with Crippen LogP contribution >= 0.6 is 11.8 Å². The van der Waals surface area contributed by atoms with Crippen molar-refractivity contribution in [3.63, 3.8) is 0 Å². The number of carboxylic acids is 1. The molecule has 1 aromatic carbocycles. The minimum absolute atomic E-state index is 0.376. The molecule has 2 N–H and O–H groups in total. The molecule has 2 amide bonds. The van der Waals surface area contributed by atoms with E-state index in [2.05, 4.69) is 11.4 Å². The van der Waals surface area contributed by atoms with Crippen molar-refractivity contribution in [2.75, 3.05) is 23.4 Å². The number of benzene rings is 1. The van der Waals surface area contributed by atoms with Crippen molar-refractivity contribution in [3.8, 4) is 6.07 Å². The van der Waals surface area contributed by atoms with Crippen LogP contribution in [-0.4, -0.2) is 46.1 Å². The number of nitrogens with one attached hydrogen (secondary N) is 1. The molecule has 1 unspecified atom stereocenters. The van der Waals surface area contributed by atoms with E-state index >= 15 is 0 Å². The van der Waals surface area contributed by atoms with Gasteiger partial charge in [0.15, 0.2) is 0 Å². The summed E-state index contributed by atoms with van der Waals surface area (Å²) in [5, 5.41) is 21.0. The number of carbonyl (C=O) groups excluding carboxylic acids is 1. The lowest BCUT2D eigenvalue weighted by Gasteiger charge is -2.32. The Labute approximate surface area is 126 Å². The molecule has 1 heterocycles. The number of rotatable bonds is 2. The number of hydrogen-bond donors (Lipinski definition) is 2. The molecule has 110 valence electrons. The molecule has 1 aromatic rings. The molecule has 0 saturated carbocycles. The number of carbonyl (C=O) groups is 2. The molecule has 2 rings (SSSR count). The monoisotopic (exact) mass is 305 g/mol. The highest BCUT2D eigenvalue weighted by Crippen LogP contribution is 2.21. The van der Waals surface area contributed by atoms with Gasteiger partial charge in [-0.1, -0.05) is 12.1 Å². The minimum atomic E-state index is -1.01. The van der Waals surface area contributed by atoms with Crippen molar-refractivity contribution >= 4 is 29.4 Å². The van der Waals surface area contributed by atoms with Crippen LogP contribution < -0.4 is 5.32 Å². The maximum absolute atomic E-state index is 12.3. The average molecular weight is 305 g/mol. The van der Waals surface area contributed by atoms with Gasteiger partial charge in [-0.25, -0.2) is 9.59 Å². The van der Waals surface area contributed by atoms with E-state index in [1.54, 1.807) is 25.1 Å². The normalized spacial score (nSPS) is 17.9. The Morgan fingerprint density at radius 3 is 2.95 bits per heavy atom. The van der Waals surface area contributed by atoms with E-state index in [4.69, 9.17) is 5.26 Å². The number of urea groups is 1. The van der Waals surface area contributed by atoms with E-state index in [0.717, 1.165) is 5.56 Å². The van der Waals surface area contributed by atoms with Gasteiger partial charge in [0.05, 0.1) is 11.3 Å². The van der Waals surface area contributed by atoms with E-state index < -0.39 is 18.0 Å². The third-order valence-electron chi connectivity index (χ3n) is 3.30. The molecule has 6 nitrogen and oxygen atoms in total. The third-order valence-corrected chi connectivity index (χ3v) is 4.32. The van der Waals surface area contributed by atoms with Crippen LogP contribution in [0.4, 0.5) is 10.5 Å². The standard InChI is InChI=1S/C14H15N3O3S/c1-9-3-2-4-11(10(9)7-15)16-14(20)17-5-6-21-8-12(17)13(18)19/h2-4,12H,5-6,8H2,1H3,(H,16,20)(H,18,19). The van der Waals surface area contributed by atoms with Crippen molar-refractivity contribution in [2.45, 2.75) is 13.0 Å². The Hall–Kier alpha value is -2.20. The van der Waals surface area contributed by atoms with Gasteiger partial charge < -0.3 is 15.3 Å². The third kappa shape index (κ3) is 3.28. The molecule has 0 aromatic heterocycles. The molecule has 1 saturated heterocycles. The van der Waals surface area contributed by atoms with Crippen molar-refractivity contribution in [3.05, 3.63) is 29.3 Å². The lowest BCUT2D eigenvalue weighted by Crippen LogP contribution is -2.51. The number of thioether (sulfide) groups is 1. The molecule has 0 aliphatic carbocycles. The summed E-state index contributed by atoms with van der Waals surface area (Å²) >= 11 is 1.51. The van der Waals surface area contributed by atoms with Crippen molar-refractivity contribution in [2.24, 2.45) is 0 Å². The Morgan fingerprint density at radius 2 is 2.29 bits per heavy atom. The van der Waals surface area contributed by atoms with Crippen LogP contribution in [0.5, 0.6) is 0 Å². The van der Waals surface area contributed by atoms with Gasteiger partial charge in [-0.05, 0) is 18.6 Å². The molecule has 0 radical (unpaired) electrons. The molecule has 1 fully saturated rings. The molecule has 1 aliphatic rings. The number of nitrogens with zero attached hydrogens (tertiary/aromatic N) is 2. The zero-order valence-electron chi connectivity index (χ0n) is 11.5. The first-order chi connectivity index (χ1) is 10.0. The molecule has 0 bridgehead atoms. The van der Waals surface area contributed by atoms with E-state index in [0.29, 0.717) is 29.3 Å². The highest BCUT2D eigenvalue weighted by molar-refractivity contribution is 7.99. The molecule has 1 aliphatic heterocycles. The van der Waals surface area contributed by atoms with Gasteiger partial charge in [0.25, 0.3) is 0 Å². The number of amides is 2. The number of nitriles is 1. The molecule has 0 spiro atoms. The second-order valence-electron chi connectivity index (χ2n) is 4.66. The fourth-order valence-electron chi connectivity index (χ4n) is 2.16. The largest absolute Gasteiger partial charge is 0.480 e. The predicted molar refractivity (Wildman–Crippen MR) is 80.4 cm³/mol. The first-order valence-electron chi connectivity index (χ1n) is 6.42. The predicted octanol–water partition coefficient (Wildman–Crippen LogP) is 1.90. The summed E-state index contributed by atoms with van der Waals surface area (Å²) in [6.45, 7) is 2.16. The Kier molecular flexibility index (Phi) is 4.70. The Bertz CT molecular complexity index is 612. The van der Waals surface area contributed by atoms with Crippen LogP contribution in [0, 0.1) is 18.3 Å². The van der Waals surface area contributed by atoms with Gasteiger partial charge in [0.2, 0.25) is 0 Å². The maximum Gasteiger partial charge on any atom is 0.327 e. The quantitative estimate of drug-likeness (QED) is 0.870. The maximum atomic E-state index is 12.3. The van der Waals surface area contributed by atoms with E-state index in [1.165, 1.54) is 16.7 Å². The summed E-state index contributed by atoms with van der Waals surface area (Å²) in [5.74, 6) is 0.0692. The fourth-order valence-corrected chi connectivity index (χ4v) is 3.20. The van der Waals surface area contributed by atoms with Gasteiger partial charge in [0.1, 0.15) is 12.1 Å². The first kappa shape index (κ1) is 15.2. The van der Waals surface area contributed by atoms with Gasteiger partial charge in [-0.2, -0.15) is 17.0 Å². The summed E-state index contributed by atoms with van der Waals surface area (Å²) in [6, 6.07) is 5.90. The summed E-state index contributed by atoms with van der Waals surface area (Å²) in [5.41, 5.74) is 1.56. The van der Waals surface area contributed by atoms with Gasteiger partial charge >= 0.3 is 12.0 Å². The molecular formula is C14H15N3O3S. The summed E-state index contributed by atoms with van der Waals surface area (Å²) in [4.78, 5) is 24.8. The first-order valence-corrected chi connectivity index (χ1v) is 7.58. The van der Waals surface area contributed by atoms with E-state index in [9.17, 15) is 14.7 Å². The highest BCUT2D eigenvalue weighted by atomic mass is 32.2. The smallest absolute Gasteiger partial charge is 0.327 e. The highest BCUT2D eigenvalue weighted by Gasteiger charge is 2.32. The van der Waals surface area contributed by atoms with Gasteiger partial charge in [-0.15, -0.1) is 0 Å². The number of aryl methyl sites for hydroxylation is 1. The summed E-state index contributed by atoms with van der Waals surface area (Å²) in [7, 11) is 0. The second kappa shape index (κ2) is 6.50. The fraction of sp³-hybridized carbons (Fsp3) is 0.357. The second-order valence-corrected chi connectivity index (χ2v) is 5.81. The van der Waals surface area contributed by atoms with Gasteiger partial charge in [0, 0.05) is 18.1 Å². The summed E-state index contributed by atoms with van der Waals surface area (Å²) < 4.78 is 0. The number of aliphatic carboxylic acids is 1. The lowest BCUT2D eigenvalue weighted by molar-refractivity contribution is -0.141. The number of anilines is 1. The van der Waals surface area contributed by atoms with Crippen LogP contribution in [0.3, 0.4) is 0 Å². The van der Waals surface area contributed by atoms with Crippen LogP contribution in [0.2, 0.25) is 0 Å². The van der Waals surface area contributed by atoms with Crippen molar-refractivity contribution < 1.29 is 14.7 Å². The van der Waals surface area contributed by atoms with Crippen LogP contribution in [0.15, 0.2) is 18.2 Å². The molecule has 1 atom stereocenters. The van der Waals surface area contributed by atoms with E-state index in [1.807, 2.05) is 0 Å². The zero-order valence-corrected chi connectivity index (χ0v) is 12.3. The number of hydrogen-bond acceptors (Lipinski definition) is 4. The van der Waals surface area contributed by atoms with Crippen molar-refractivity contribution in [1.82, 2.24) is 4.90 Å². The topological polar surface area (TPSA) is 93.4 Å². The van der Waals surface area contributed by atoms with Crippen LogP contribution in [0.1, 0.15) is 11.1 Å². The number of carboxylic acid groups (broad SMARTS) is 1.